The summed E-state index contributed by atoms with van der Waals surface area (Å²) in [5.74, 6) is 0.837. The Hall–Kier alpha value is -0.890. The van der Waals surface area contributed by atoms with Crippen molar-refractivity contribution in [2.75, 3.05) is 0 Å². The van der Waals surface area contributed by atoms with Crippen molar-refractivity contribution >= 4 is 0 Å². The Kier molecular flexibility index (Phi) is 9.08. The molecule has 2 nitrogen and oxygen atoms in total. The van der Waals surface area contributed by atoms with Crippen molar-refractivity contribution in [3.8, 4) is 0 Å². The molecule has 0 spiro atoms. The van der Waals surface area contributed by atoms with Gasteiger partial charge in [0.1, 0.15) is 0 Å². The van der Waals surface area contributed by atoms with E-state index in [1.165, 1.54) is 19.3 Å². The molecule has 1 unspecified atom stereocenters. The summed E-state index contributed by atoms with van der Waals surface area (Å²) in [7, 11) is 0. The van der Waals surface area contributed by atoms with Crippen molar-refractivity contribution in [1.29, 1.82) is 0 Å². The van der Waals surface area contributed by atoms with Crippen LogP contribution in [0.15, 0.2) is 30.6 Å². The van der Waals surface area contributed by atoms with Crippen LogP contribution in [0.25, 0.3) is 0 Å². The molecule has 0 amide bonds. The van der Waals surface area contributed by atoms with Crippen molar-refractivity contribution in [2.24, 2.45) is 11.7 Å². The number of pyridine rings is 1. The maximum absolute atomic E-state index is 5.58. The Morgan fingerprint density at radius 1 is 1.00 bits per heavy atom. The minimum atomic E-state index is 0.392. The molecule has 1 rings (SSSR count). The number of hydrogen-bond donors (Lipinski definition) is 1. The molecule has 0 bridgehead atoms. The van der Waals surface area contributed by atoms with E-state index in [0.717, 1.165) is 5.92 Å². The molecule has 86 valence electrons. The molecule has 1 atom stereocenters. The van der Waals surface area contributed by atoms with E-state index in [1.807, 2.05) is 18.2 Å². The van der Waals surface area contributed by atoms with E-state index in [2.05, 4.69) is 25.8 Å². The van der Waals surface area contributed by atoms with E-state index in [4.69, 9.17) is 5.73 Å². The zero-order valence-corrected chi connectivity index (χ0v) is 10.2. The van der Waals surface area contributed by atoms with Gasteiger partial charge in [0, 0.05) is 18.4 Å². The van der Waals surface area contributed by atoms with Gasteiger partial charge in [0.15, 0.2) is 0 Å². The Bertz CT molecular complexity index is 172. The van der Waals surface area contributed by atoms with Crippen molar-refractivity contribution in [2.45, 2.75) is 46.1 Å². The zero-order valence-electron chi connectivity index (χ0n) is 10.2. The van der Waals surface area contributed by atoms with Crippen LogP contribution >= 0.6 is 0 Å². The molecule has 0 aromatic carbocycles. The number of nitrogens with two attached hydrogens (primary N) is 1. The first-order chi connectivity index (χ1) is 7.13. The van der Waals surface area contributed by atoms with Crippen molar-refractivity contribution in [3.05, 3.63) is 30.6 Å². The fraction of sp³-hybridized carbons (Fsp3) is 0.615. The molecule has 1 aromatic rings. The van der Waals surface area contributed by atoms with Crippen LogP contribution in [0.4, 0.5) is 0 Å². The van der Waals surface area contributed by atoms with Crippen LogP contribution in [0.5, 0.6) is 0 Å². The van der Waals surface area contributed by atoms with Crippen LogP contribution in [0, 0.1) is 5.92 Å². The molecule has 0 radical (unpaired) electrons. The van der Waals surface area contributed by atoms with Crippen LogP contribution in [-0.4, -0.2) is 11.0 Å². The molecular weight excluding hydrogens is 184 g/mol. The first-order valence-electron chi connectivity index (χ1n) is 5.73. The standard InChI is InChI=1S/C8H19N.C5H5N/c1-7(2)5-4-6-8(3)9;1-2-4-6-5-3-1/h7-8H,4-6,9H2,1-3H3;1-5H. The summed E-state index contributed by atoms with van der Waals surface area (Å²) in [6.07, 6.45) is 7.29. The minimum Gasteiger partial charge on any atom is -0.328 e. The summed E-state index contributed by atoms with van der Waals surface area (Å²) in [6, 6.07) is 6.11. The van der Waals surface area contributed by atoms with Gasteiger partial charge in [-0.05, 0) is 31.4 Å². The summed E-state index contributed by atoms with van der Waals surface area (Å²) < 4.78 is 0. The number of nitrogens with zero attached hydrogens (tertiary/aromatic N) is 1. The average molecular weight is 208 g/mol. The lowest BCUT2D eigenvalue weighted by molar-refractivity contribution is 0.511. The molecular formula is C13H24N2. The molecule has 2 N–H and O–H groups in total. The first kappa shape index (κ1) is 14.1. The molecule has 0 saturated heterocycles. The highest BCUT2D eigenvalue weighted by atomic mass is 14.6. The Morgan fingerprint density at radius 2 is 1.60 bits per heavy atom. The van der Waals surface area contributed by atoms with E-state index in [0.29, 0.717) is 6.04 Å². The van der Waals surface area contributed by atoms with E-state index in [-0.39, 0.29) is 0 Å². The predicted octanol–water partition coefficient (Wildman–Crippen LogP) is 3.24. The maximum Gasteiger partial charge on any atom is 0.0267 e. The molecule has 1 aromatic heterocycles. The summed E-state index contributed by atoms with van der Waals surface area (Å²) in [6.45, 7) is 6.57. The van der Waals surface area contributed by atoms with Gasteiger partial charge >= 0.3 is 0 Å². The average Bonchev–Trinajstić information content (AvgIpc) is 2.20. The van der Waals surface area contributed by atoms with Gasteiger partial charge in [-0.2, -0.15) is 0 Å². The minimum absolute atomic E-state index is 0.392. The fourth-order valence-electron chi connectivity index (χ4n) is 1.16. The van der Waals surface area contributed by atoms with Gasteiger partial charge in [-0.1, -0.05) is 32.8 Å². The predicted molar refractivity (Wildman–Crippen MR) is 66.6 cm³/mol. The second-order valence-corrected chi connectivity index (χ2v) is 4.33. The number of rotatable bonds is 4. The Balaban J connectivity index is 0.000000280. The third-order valence-electron chi connectivity index (χ3n) is 2.01. The first-order valence-corrected chi connectivity index (χ1v) is 5.73. The Labute approximate surface area is 93.9 Å². The second kappa shape index (κ2) is 9.66. The summed E-state index contributed by atoms with van der Waals surface area (Å²) in [5.41, 5.74) is 5.58. The third-order valence-corrected chi connectivity index (χ3v) is 2.01. The summed E-state index contributed by atoms with van der Waals surface area (Å²) in [4.78, 5) is 3.78. The topological polar surface area (TPSA) is 38.9 Å². The molecule has 0 fully saturated rings. The van der Waals surface area contributed by atoms with Crippen LogP contribution < -0.4 is 5.73 Å². The van der Waals surface area contributed by atoms with E-state index >= 15 is 0 Å². The summed E-state index contributed by atoms with van der Waals surface area (Å²) >= 11 is 0. The Morgan fingerprint density at radius 3 is 1.87 bits per heavy atom. The highest BCUT2D eigenvalue weighted by molar-refractivity contribution is 4.88. The van der Waals surface area contributed by atoms with Crippen molar-refractivity contribution in [3.63, 3.8) is 0 Å². The van der Waals surface area contributed by atoms with E-state index in [1.54, 1.807) is 12.4 Å². The normalized spacial score (nSPS) is 11.8. The molecule has 0 aliphatic rings. The van der Waals surface area contributed by atoms with Gasteiger partial charge in [0.2, 0.25) is 0 Å². The highest BCUT2D eigenvalue weighted by Gasteiger charge is 1.95. The van der Waals surface area contributed by atoms with Gasteiger partial charge in [-0.25, -0.2) is 0 Å². The van der Waals surface area contributed by atoms with Gasteiger partial charge < -0.3 is 5.73 Å². The lowest BCUT2D eigenvalue weighted by Gasteiger charge is -2.05. The van der Waals surface area contributed by atoms with E-state index < -0.39 is 0 Å². The van der Waals surface area contributed by atoms with Gasteiger partial charge in [0.25, 0.3) is 0 Å². The molecule has 2 heteroatoms. The van der Waals surface area contributed by atoms with Gasteiger partial charge in [0.05, 0.1) is 0 Å². The second-order valence-electron chi connectivity index (χ2n) is 4.33. The quantitative estimate of drug-likeness (QED) is 0.825. The third kappa shape index (κ3) is 13.1. The SMILES string of the molecule is CC(C)CCCC(C)N.c1ccncc1. The van der Waals surface area contributed by atoms with E-state index in [9.17, 15) is 0 Å². The number of aromatic nitrogens is 1. The molecule has 1 heterocycles. The molecule has 15 heavy (non-hydrogen) atoms. The zero-order chi connectivity index (χ0) is 11.5. The monoisotopic (exact) mass is 208 g/mol. The fourth-order valence-corrected chi connectivity index (χ4v) is 1.16. The lowest BCUT2D eigenvalue weighted by Crippen LogP contribution is -2.14. The summed E-state index contributed by atoms with van der Waals surface area (Å²) in [5, 5.41) is 0. The van der Waals surface area contributed by atoms with Crippen LogP contribution in [0.1, 0.15) is 40.0 Å². The highest BCUT2D eigenvalue weighted by Crippen LogP contribution is 2.06. The van der Waals surface area contributed by atoms with Gasteiger partial charge in [-0.3, -0.25) is 4.98 Å². The smallest absolute Gasteiger partial charge is 0.0267 e. The van der Waals surface area contributed by atoms with Crippen LogP contribution in [0.3, 0.4) is 0 Å². The van der Waals surface area contributed by atoms with Crippen LogP contribution in [0.2, 0.25) is 0 Å². The lowest BCUT2D eigenvalue weighted by atomic mass is 10.0. The number of hydrogen-bond acceptors (Lipinski definition) is 2. The van der Waals surface area contributed by atoms with Crippen molar-refractivity contribution < 1.29 is 0 Å². The largest absolute Gasteiger partial charge is 0.328 e. The molecule has 0 aliphatic heterocycles. The van der Waals surface area contributed by atoms with Crippen LogP contribution in [-0.2, 0) is 0 Å². The molecule has 0 aliphatic carbocycles. The molecule has 0 saturated carbocycles. The maximum atomic E-state index is 5.58. The van der Waals surface area contributed by atoms with Crippen molar-refractivity contribution in [1.82, 2.24) is 4.98 Å². The van der Waals surface area contributed by atoms with Gasteiger partial charge in [-0.15, -0.1) is 0 Å².